The summed E-state index contributed by atoms with van der Waals surface area (Å²) in [6.07, 6.45) is 0. The molecule has 2 heterocycles. The number of aromatic nitrogens is 1. The summed E-state index contributed by atoms with van der Waals surface area (Å²) < 4.78 is 9.27. The minimum Gasteiger partial charge on any atom is -0.454 e. The van der Waals surface area contributed by atoms with Gasteiger partial charge in [-0.25, -0.2) is 0 Å². The highest BCUT2D eigenvalue weighted by Crippen LogP contribution is 2.63. The van der Waals surface area contributed by atoms with Crippen LogP contribution in [0.2, 0.25) is 0 Å². The Morgan fingerprint density at radius 1 is 0.368 bits per heavy atom. The van der Waals surface area contributed by atoms with Crippen LogP contribution in [0, 0.1) is 0 Å². The zero-order chi connectivity index (χ0) is 44.5. The average molecular weight is 865 g/mol. The minimum atomic E-state index is -0.469. The van der Waals surface area contributed by atoms with Gasteiger partial charge in [-0.15, -0.1) is 0 Å². The largest absolute Gasteiger partial charge is 0.454 e. The van der Waals surface area contributed by atoms with E-state index in [0.717, 1.165) is 55.8 Å². The number of fused-ring (bicyclic) bond motifs is 18. The molecule has 0 bridgehead atoms. The molecule has 0 fully saturated rings. The van der Waals surface area contributed by atoms with E-state index in [-0.39, 0.29) is 0 Å². The number of rotatable bonds is 5. The Morgan fingerprint density at radius 3 is 1.71 bits per heavy atom. The maximum Gasteiger partial charge on any atom is 0.159 e. The molecule has 0 radical (unpaired) electrons. The Kier molecular flexibility index (Phi) is 7.71. The Morgan fingerprint density at radius 2 is 0.956 bits per heavy atom. The molecule has 0 N–H and O–H groups in total. The highest BCUT2D eigenvalue weighted by Gasteiger charge is 2.51. The maximum atomic E-state index is 6.83. The topological polar surface area (TPSA) is 21.3 Å². The number of nitrogens with zero attached hydrogens (tertiary/aromatic N) is 2. The molecule has 11 aromatic carbocycles. The molecule has 0 aliphatic heterocycles. The van der Waals surface area contributed by atoms with E-state index >= 15 is 0 Å². The van der Waals surface area contributed by atoms with E-state index in [1.54, 1.807) is 0 Å². The lowest BCUT2D eigenvalue weighted by atomic mass is 9.70. The van der Waals surface area contributed by atoms with E-state index in [2.05, 4.69) is 252 Å². The number of benzene rings is 11. The first-order chi connectivity index (χ1) is 33.7. The van der Waals surface area contributed by atoms with E-state index in [1.807, 2.05) is 0 Å². The van der Waals surface area contributed by atoms with Gasteiger partial charge in [-0.05, 0) is 116 Å². The standard InChI is InChI=1S/C65H40N2O/c1-2-16-44(17-3-1)67-61-39-43(32-36-52(61)54-37-31-42-15-4-5-18-47(42)63(54)67)41-29-33-45(34-30-41)66(60-27-14-23-55-53-22-9-13-28-62(53)68-64(55)60)46-35-38-51-50-21-8-12-26-58(50)65(59(51)40-46)56-24-10-6-19-48(56)49-20-7-11-25-57(49)65/h1-40H. The predicted octanol–water partition coefficient (Wildman–Crippen LogP) is 17.3. The molecule has 0 saturated carbocycles. The normalized spacial score (nSPS) is 13.1. The molecule has 68 heavy (non-hydrogen) atoms. The molecule has 15 rings (SSSR count). The van der Waals surface area contributed by atoms with Gasteiger partial charge in [0.05, 0.1) is 22.1 Å². The molecule has 0 unspecified atom stereocenters. The summed E-state index contributed by atoms with van der Waals surface area (Å²) in [4.78, 5) is 2.40. The van der Waals surface area contributed by atoms with Gasteiger partial charge in [-0.1, -0.05) is 188 Å². The Hall–Kier alpha value is -8.92. The van der Waals surface area contributed by atoms with Gasteiger partial charge in [0.2, 0.25) is 0 Å². The summed E-state index contributed by atoms with van der Waals surface area (Å²) in [5.74, 6) is 0. The summed E-state index contributed by atoms with van der Waals surface area (Å²) in [7, 11) is 0. The molecule has 0 amide bonds. The van der Waals surface area contributed by atoms with Gasteiger partial charge in [0.25, 0.3) is 0 Å². The lowest BCUT2D eigenvalue weighted by Gasteiger charge is -2.32. The van der Waals surface area contributed by atoms with Crippen molar-refractivity contribution < 1.29 is 4.42 Å². The number of hydrogen-bond donors (Lipinski definition) is 0. The van der Waals surface area contributed by atoms with E-state index in [4.69, 9.17) is 4.42 Å². The molecule has 0 atom stereocenters. The SMILES string of the molecule is c1ccc(-n2c3cc(-c4ccc(N(c5ccc6c(c5)C5(c7ccccc7-c7ccccc75)c5ccccc5-6)c5cccc6c5oc5ccccc56)cc4)ccc3c3ccc4ccccc4c32)cc1. The van der Waals surface area contributed by atoms with E-state index in [0.29, 0.717) is 0 Å². The van der Waals surface area contributed by atoms with E-state index in [9.17, 15) is 0 Å². The molecule has 3 nitrogen and oxygen atoms in total. The highest BCUT2D eigenvalue weighted by atomic mass is 16.3. The number of anilines is 3. The molecule has 2 aliphatic rings. The first kappa shape index (κ1) is 37.3. The van der Waals surface area contributed by atoms with Gasteiger partial charge in [0, 0.05) is 44.0 Å². The van der Waals surface area contributed by atoms with Crippen molar-refractivity contribution in [1.29, 1.82) is 0 Å². The lowest BCUT2D eigenvalue weighted by Crippen LogP contribution is -2.26. The molecule has 13 aromatic rings. The molecular formula is C65H40N2O. The van der Waals surface area contributed by atoms with Crippen LogP contribution < -0.4 is 4.90 Å². The van der Waals surface area contributed by atoms with Gasteiger partial charge in [-0.2, -0.15) is 0 Å². The van der Waals surface area contributed by atoms with Crippen molar-refractivity contribution in [3.05, 3.63) is 265 Å². The second-order valence-corrected chi connectivity index (χ2v) is 18.3. The Labute approximate surface area is 393 Å². The van der Waals surface area contributed by atoms with Crippen LogP contribution in [-0.2, 0) is 5.41 Å². The van der Waals surface area contributed by atoms with Crippen molar-refractivity contribution in [3.63, 3.8) is 0 Å². The summed E-state index contributed by atoms with van der Waals surface area (Å²) in [6.45, 7) is 0. The van der Waals surface area contributed by atoms with Crippen molar-refractivity contribution in [3.8, 4) is 39.1 Å². The minimum absolute atomic E-state index is 0.469. The van der Waals surface area contributed by atoms with Crippen LogP contribution in [0.5, 0.6) is 0 Å². The van der Waals surface area contributed by atoms with Crippen LogP contribution in [0.25, 0.3) is 93.6 Å². The first-order valence-corrected chi connectivity index (χ1v) is 23.5. The van der Waals surface area contributed by atoms with E-state index < -0.39 is 5.41 Å². The predicted molar refractivity (Wildman–Crippen MR) is 282 cm³/mol. The van der Waals surface area contributed by atoms with Crippen LogP contribution in [0.4, 0.5) is 17.1 Å². The summed E-state index contributed by atoms with van der Waals surface area (Å²) >= 11 is 0. The number of furan rings is 1. The molecule has 2 aromatic heterocycles. The fraction of sp³-hybridized carbons (Fsp3) is 0.0154. The van der Waals surface area contributed by atoms with Crippen LogP contribution in [0.15, 0.2) is 247 Å². The first-order valence-electron chi connectivity index (χ1n) is 23.5. The van der Waals surface area contributed by atoms with Crippen LogP contribution >= 0.6 is 0 Å². The van der Waals surface area contributed by atoms with Crippen molar-refractivity contribution in [2.45, 2.75) is 5.41 Å². The van der Waals surface area contributed by atoms with E-state index in [1.165, 1.54) is 77.1 Å². The van der Waals surface area contributed by atoms with Gasteiger partial charge in [0.15, 0.2) is 5.58 Å². The van der Waals surface area contributed by atoms with Crippen molar-refractivity contribution in [1.82, 2.24) is 4.57 Å². The fourth-order valence-corrected chi connectivity index (χ4v) is 12.2. The maximum absolute atomic E-state index is 6.83. The smallest absolute Gasteiger partial charge is 0.159 e. The monoisotopic (exact) mass is 864 g/mol. The second-order valence-electron chi connectivity index (χ2n) is 18.3. The van der Waals surface area contributed by atoms with Crippen molar-refractivity contribution >= 4 is 71.6 Å². The van der Waals surface area contributed by atoms with Gasteiger partial charge < -0.3 is 13.9 Å². The fourth-order valence-electron chi connectivity index (χ4n) is 12.2. The third-order valence-corrected chi connectivity index (χ3v) is 15.0. The Balaban J connectivity index is 0.935. The third kappa shape index (κ3) is 5.02. The summed E-state index contributed by atoms with van der Waals surface area (Å²) in [5.41, 5.74) is 20.7. The average Bonchev–Trinajstić information content (AvgIpc) is 4.13. The molecule has 316 valence electrons. The molecule has 0 saturated heterocycles. The van der Waals surface area contributed by atoms with Crippen LogP contribution in [-0.4, -0.2) is 4.57 Å². The van der Waals surface area contributed by atoms with Crippen molar-refractivity contribution in [2.24, 2.45) is 0 Å². The molecule has 2 aliphatic carbocycles. The summed E-state index contributed by atoms with van der Waals surface area (Å²) in [5, 5.41) is 7.18. The second kappa shape index (κ2) is 14.0. The van der Waals surface area contributed by atoms with Gasteiger partial charge in [0.1, 0.15) is 5.58 Å². The molecule has 3 heteroatoms. The van der Waals surface area contributed by atoms with Gasteiger partial charge in [-0.3, -0.25) is 0 Å². The number of hydrogen-bond acceptors (Lipinski definition) is 2. The zero-order valence-corrected chi connectivity index (χ0v) is 36.9. The van der Waals surface area contributed by atoms with Crippen LogP contribution in [0.1, 0.15) is 22.3 Å². The Bertz CT molecular complexity index is 4150. The molecule has 1 spiro atoms. The quantitative estimate of drug-likeness (QED) is 0.172. The zero-order valence-electron chi connectivity index (χ0n) is 36.9. The van der Waals surface area contributed by atoms with Crippen molar-refractivity contribution in [2.75, 3.05) is 4.90 Å². The van der Waals surface area contributed by atoms with Gasteiger partial charge >= 0.3 is 0 Å². The highest BCUT2D eigenvalue weighted by molar-refractivity contribution is 6.19. The number of para-hydroxylation sites is 3. The summed E-state index contributed by atoms with van der Waals surface area (Å²) in [6, 6.07) is 89.2. The lowest BCUT2D eigenvalue weighted by molar-refractivity contribution is 0.669. The van der Waals surface area contributed by atoms with Crippen LogP contribution in [0.3, 0.4) is 0 Å². The molecular weight excluding hydrogens is 825 g/mol. The third-order valence-electron chi connectivity index (χ3n) is 15.0.